The summed E-state index contributed by atoms with van der Waals surface area (Å²) in [7, 11) is 0. The van der Waals surface area contributed by atoms with Crippen LogP contribution in [0, 0.1) is 11.6 Å². The number of amides is 1. The van der Waals surface area contributed by atoms with E-state index in [1.54, 1.807) is 0 Å². The molecule has 1 fully saturated rings. The van der Waals surface area contributed by atoms with Crippen LogP contribution in [0.3, 0.4) is 0 Å². The molecule has 6 heteroatoms. The number of halogens is 2. The van der Waals surface area contributed by atoms with E-state index >= 15 is 0 Å². The van der Waals surface area contributed by atoms with Crippen LogP contribution in [0.4, 0.5) is 14.5 Å². The molecule has 2 aromatic rings. The second-order valence-electron chi connectivity index (χ2n) is 6.64. The highest BCUT2D eigenvalue weighted by Crippen LogP contribution is 2.23. The number of benzene rings is 2. The van der Waals surface area contributed by atoms with Crippen LogP contribution in [0.15, 0.2) is 48.5 Å². The molecule has 148 valence electrons. The predicted molar refractivity (Wildman–Crippen MR) is 106 cm³/mol. The maximum Gasteiger partial charge on any atom is 0.244 e. The SMILES string of the molecule is CCC(NC(=O)/C=C/c1cccc(F)c1F)c1cccc(N2CCOCC2)c1. The van der Waals surface area contributed by atoms with E-state index in [0.29, 0.717) is 19.6 Å². The fourth-order valence-corrected chi connectivity index (χ4v) is 3.22. The molecule has 0 bridgehead atoms. The lowest BCUT2D eigenvalue weighted by molar-refractivity contribution is -0.117. The molecule has 1 heterocycles. The molecule has 0 spiro atoms. The van der Waals surface area contributed by atoms with Crippen molar-refractivity contribution < 1.29 is 18.3 Å². The number of ether oxygens (including phenoxy) is 1. The van der Waals surface area contributed by atoms with Crippen LogP contribution in [0.1, 0.15) is 30.5 Å². The molecule has 0 saturated carbocycles. The summed E-state index contributed by atoms with van der Waals surface area (Å²) in [6, 6.07) is 11.8. The van der Waals surface area contributed by atoms with Crippen molar-refractivity contribution in [2.75, 3.05) is 31.2 Å². The van der Waals surface area contributed by atoms with Crippen LogP contribution < -0.4 is 10.2 Å². The summed E-state index contributed by atoms with van der Waals surface area (Å²) in [5.74, 6) is -2.25. The Kier molecular flexibility index (Phi) is 6.76. The minimum atomic E-state index is -0.961. The predicted octanol–water partition coefficient (Wildman–Crippen LogP) is 4.08. The first-order valence-electron chi connectivity index (χ1n) is 9.43. The second-order valence-corrected chi connectivity index (χ2v) is 6.64. The van der Waals surface area contributed by atoms with Crippen LogP contribution in [-0.2, 0) is 9.53 Å². The van der Waals surface area contributed by atoms with Crippen molar-refractivity contribution in [3.8, 4) is 0 Å². The van der Waals surface area contributed by atoms with Gasteiger partial charge in [0.15, 0.2) is 11.6 Å². The average molecular weight is 386 g/mol. The lowest BCUT2D eigenvalue weighted by atomic mass is 10.0. The molecule has 1 amide bonds. The summed E-state index contributed by atoms with van der Waals surface area (Å²) in [6.45, 7) is 5.09. The molecule has 1 atom stereocenters. The summed E-state index contributed by atoms with van der Waals surface area (Å²) >= 11 is 0. The molecule has 1 saturated heterocycles. The van der Waals surface area contributed by atoms with Gasteiger partial charge in [0.05, 0.1) is 19.3 Å². The number of nitrogens with zero attached hydrogens (tertiary/aromatic N) is 1. The number of carbonyl (C=O) groups excluding carboxylic acids is 1. The molecule has 1 unspecified atom stereocenters. The minimum absolute atomic E-state index is 0.0394. The third-order valence-electron chi connectivity index (χ3n) is 4.77. The average Bonchev–Trinajstić information content (AvgIpc) is 2.74. The van der Waals surface area contributed by atoms with Gasteiger partial charge in [-0.3, -0.25) is 4.79 Å². The van der Waals surface area contributed by atoms with Crippen LogP contribution in [-0.4, -0.2) is 32.2 Å². The molecular formula is C22H24F2N2O2. The number of carbonyl (C=O) groups is 1. The third-order valence-corrected chi connectivity index (χ3v) is 4.77. The van der Waals surface area contributed by atoms with Gasteiger partial charge in [-0.2, -0.15) is 0 Å². The van der Waals surface area contributed by atoms with Crippen LogP contribution in [0.2, 0.25) is 0 Å². The van der Waals surface area contributed by atoms with Gasteiger partial charge >= 0.3 is 0 Å². The third kappa shape index (κ3) is 4.95. The molecule has 0 aliphatic carbocycles. The van der Waals surface area contributed by atoms with Gasteiger partial charge in [-0.25, -0.2) is 8.78 Å². The topological polar surface area (TPSA) is 41.6 Å². The molecule has 3 rings (SSSR count). The zero-order valence-electron chi connectivity index (χ0n) is 15.8. The second kappa shape index (κ2) is 9.46. The Bertz CT molecular complexity index is 848. The summed E-state index contributed by atoms with van der Waals surface area (Å²) in [5, 5.41) is 2.93. The van der Waals surface area contributed by atoms with Crippen LogP contribution in [0.25, 0.3) is 6.08 Å². The molecule has 2 aromatic carbocycles. The highest BCUT2D eigenvalue weighted by Gasteiger charge is 2.15. The lowest BCUT2D eigenvalue weighted by Crippen LogP contribution is -2.36. The Hall–Kier alpha value is -2.73. The van der Waals surface area contributed by atoms with Gasteiger partial charge in [0.2, 0.25) is 5.91 Å². The Morgan fingerprint density at radius 1 is 1.21 bits per heavy atom. The van der Waals surface area contributed by atoms with Gasteiger partial charge in [0.1, 0.15) is 0 Å². The van der Waals surface area contributed by atoms with Crippen molar-refractivity contribution in [2.24, 2.45) is 0 Å². The maximum absolute atomic E-state index is 13.7. The normalized spacial score (nSPS) is 15.6. The molecule has 1 N–H and O–H groups in total. The van der Waals surface area contributed by atoms with Crippen molar-refractivity contribution in [3.05, 3.63) is 71.3 Å². The van der Waals surface area contributed by atoms with E-state index in [1.807, 2.05) is 19.1 Å². The molecule has 28 heavy (non-hydrogen) atoms. The number of morpholine rings is 1. The molecule has 1 aliphatic rings. The zero-order valence-corrected chi connectivity index (χ0v) is 15.8. The summed E-state index contributed by atoms with van der Waals surface area (Å²) in [6.07, 6.45) is 3.22. The van der Waals surface area contributed by atoms with Crippen molar-refractivity contribution in [1.82, 2.24) is 5.32 Å². The minimum Gasteiger partial charge on any atom is -0.378 e. The van der Waals surface area contributed by atoms with E-state index in [0.717, 1.165) is 30.4 Å². The molecule has 1 aliphatic heterocycles. The molecule has 0 aromatic heterocycles. The first-order valence-corrected chi connectivity index (χ1v) is 9.43. The molecule has 4 nitrogen and oxygen atoms in total. The van der Waals surface area contributed by atoms with Gasteiger partial charge in [0, 0.05) is 30.4 Å². The van der Waals surface area contributed by atoms with Gasteiger partial charge in [-0.15, -0.1) is 0 Å². The fraction of sp³-hybridized carbons (Fsp3) is 0.318. The number of hydrogen-bond acceptors (Lipinski definition) is 3. The Labute approximate surface area is 163 Å². The van der Waals surface area contributed by atoms with E-state index < -0.39 is 11.6 Å². The fourth-order valence-electron chi connectivity index (χ4n) is 3.22. The number of hydrogen-bond donors (Lipinski definition) is 1. The first kappa shape index (κ1) is 20.0. The largest absolute Gasteiger partial charge is 0.378 e. The van der Waals surface area contributed by atoms with Gasteiger partial charge < -0.3 is 15.0 Å². The smallest absolute Gasteiger partial charge is 0.244 e. The van der Waals surface area contributed by atoms with E-state index in [1.165, 1.54) is 24.3 Å². The highest BCUT2D eigenvalue weighted by molar-refractivity contribution is 5.92. The van der Waals surface area contributed by atoms with Crippen LogP contribution in [0.5, 0.6) is 0 Å². The van der Waals surface area contributed by atoms with E-state index in [9.17, 15) is 13.6 Å². The lowest BCUT2D eigenvalue weighted by Gasteiger charge is -2.29. The highest BCUT2D eigenvalue weighted by atomic mass is 19.2. The van der Waals surface area contributed by atoms with Gasteiger partial charge in [-0.05, 0) is 36.3 Å². The number of nitrogens with one attached hydrogen (secondary N) is 1. The number of anilines is 1. The van der Waals surface area contributed by atoms with Crippen LogP contribution >= 0.6 is 0 Å². The number of rotatable bonds is 6. The molecule has 0 radical (unpaired) electrons. The maximum atomic E-state index is 13.7. The Morgan fingerprint density at radius 2 is 1.96 bits per heavy atom. The standard InChI is InChI=1S/C22H24F2N2O2/c1-2-20(17-6-3-7-18(15-17)26-11-13-28-14-12-26)25-21(27)10-9-16-5-4-8-19(23)22(16)24/h3-10,15,20H,2,11-14H2,1H3,(H,25,27)/b10-9+. The van der Waals surface area contributed by atoms with E-state index in [2.05, 4.69) is 22.3 Å². The monoisotopic (exact) mass is 386 g/mol. The quantitative estimate of drug-likeness (QED) is 0.761. The van der Waals surface area contributed by atoms with Crippen molar-refractivity contribution in [2.45, 2.75) is 19.4 Å². The summed E-state index contributed by atoms with van der Waals surface area (Å²) in [4.78, 5) is 14.6. The van der Waals surface area contributed by atoms with Gasteiger partial charge in [-0.1, -0.05) is 31.2 Å². The summed E-state index contributed by atoms with van der Waals surface area (Å²) < 4.78 is 32.4. The van der Waals surface area contributed by atoms with Crippen molar-refractivity contribution in [1.29, 1.82) is 0 Å². The van der Waals surface area contributed by atoms with Crippen molar-refractivity contribution in [3.63, 3.8) is 0 Å². The Balaban J connectivity index is 1.69. The van der Waals surface area contributed by atoms with Crippen molar-refractivity contribution >= 4 is 17.7 Å². The summed E-state index contributed by atoms with van der Waals surface area (Å²) in [5.41, 5.74) is 2.15. The Morgan fingerprint density at radius 3 is 2.71 bits per heavy atom. The zero-order chi connectivity index (χ0) is 19.9. The van der Waals surface area contributed by atoms with E-state index in [4.69, 9.17) is 4.74 Å². The van der Waals surface area contributed by atoms with Gasteiger partial charge in [0.25, 0.3) is 0 Å². The molecular weight excluding hydrogens is 362 g/mol. The first-order chi connectivity index (χ1) is 13.6. The van der Waals surface area contributed by atoms with E-state index in [-0.39, 0.29) is 17.5 Å².